The van der Waals surface area contributed by atoms with Crippen LogP contribution in [-0.2, 0) is 31.7 Å². The second-order valence-corrected chi connectivity index (χ2v) is 7.59. The van der Waals surface area contributed by atoms with Gasteiger partial charge < -0.3 is 14.0 Å². The molecule has 5 heteroatoms. The maximum Gasteiger partial charge on any atom is 0.495 e. The Morgan fingerprint density at radius 1 is 1.12 bits per heavy atom. The second kappa shape index (κ2) is 7.92. The first-order valence-corrected chi connectivity index (χ1v) is 9.33. The summed E-state index contributed by atoms with van der Waals surface area (Å²) >= 11 is 0. The predicted octanol–water partition coefficient (Wildman–Crippen LogP) is 3.43. The van der Waals surface area contributed by atoms with Crippen LogP contribution < -0.4 is 5.46 Å². The molecule has 1 heterocycles. The normalized spacial score (nSPS) is 18.4. The molecule has 0 unspecified atom stereocenters. The summed E-state index contributed by atoms with van der Waals surface area (Å²) in [7, 11) is -0.343. The van der Waals surface area contributed by atoms with Crippen LogP contribution >= 0.6 is 0 Å². The van der Waals surface area contributed by atoms with Crippen molar-refractivity contribution >= 4 is 18.6 Å². The van der Waals surface area contributed by atoms with Crippen LogP contribution in [0.1, 0.15) is 65.5 Å². The van der Waals surface area contributed by atoms with Crippen molar-refractivity contribution in [3.05, 3.63) is 29.3 Å². The van der Waals surface area contributed by atoms with Crippen LogP contribution in [0.2, 0.25) is 0 Å². The van der Waals surface area contributed by atoms with E-state index >= 15 is 0 Å². The molecule has 2 rings (SSSR count). The number of carbonyl (C=O) groups excluding carboxylic acids is 1. The number of esters is 1. The first-order valence-electron chi connectivity index (χ1n) is 9.33. The van der Waals surface area contributed by atoms with Crippen molar-refractivity contribution < 1.29 is 18.8 Å². The van der Waals surface area contributed by atoms with Crippen molar-refractivity contribution in [2.75, 3.05) is 6.61 Å². The van der Waals surface area contributed by atoms with Crippen LogP contribution in [-0.4, -0.2) is 30.9 Å². The van der Waals surface area contributed by atoms with E-state index in [1.165, 1.54) is 11.1 Å². The van der Waals surface area contributed by atoms with Crippen molar-refractivity contribution in [2.45, 2.75) is 78.4 Å². The Morgan fingerprint density at radius 2 is 1.76 bits per heavy atom. The topological polar surface area (TPSA) is 44.8 Å². The highest BCUT2D eigenvalue weighted by Gasteiger charge is 2.52. The molecule has 0 radical (unpaired) electrons. The molecule has 1 fully saturated rings. The monoisotopic (exact) mass is 346 g/mol. The van der Waals surface area contributed by atoms with Gasteiger partial charge in [-0.2, -0.15) is 0 Å². The zero-order valence-electron chi connectivity index (χ0n) is 16.5. The molecule has 1 aliphatic rings. The fraction of sp³-hybridized carbons (Fsp3) is 0.650. The second-order valence-electron chi connectivity index (χ2n) is 7.59. The van der Waals surface area contributed by atoms with Gasteiger partial charge in [-0.15, -0.1) is 0 Å². The zero-order chi connectivity index (χ0) is 18.7. The lowest BCUT2D eigenvalue weighted by Gasteiger charge is -2.32. The van der Waals surface area contributed by atoms with Gasteiger partial charge in [0.2, 0.25) is 0 Å². The molecule has 0 aliphatic carbocycles. The molecule has 0 spiro atoms. The summed E-state index contributed by atoms with van der Waals surface area (Å²) in [5, 5.41) is 0. The van der Waals surface area contributed by atoms with Gasteiger partial charge in [-0.05, 0) is 70.5 Å². The number of aryl methyl sites for hydroxylation is 1. The van der Waals surface area contributed by atoms with E-state index in [2.05, 4.69) is 52.8 Å². The quantitative estimate of drug-likeness (QED) is 0.560. The molecule has 0 saturated carbocycles. The highest BCUT2D eigenvalue weighted by molar-refractivity contribution is 6.62. The Balaban J connectivity index is 2.15. The third-order valence-corrected chi connectivity index (χ3v) is 5.30. The standard InChI is InChI=1S/C20H31BO4/c1-7-16-15(12-10-14-18(22)23-8-2)11-9-13-17(16)21-24-19(3,4)20(5,6)25-21/h9,11,13H,7-8,10,12,14H2,1-6H3. The van der Waals surface area contributed by atoms with Crippen LogP contribution in [0.25, 0.3) is 0 Å². The van der Waals surface area contributed by atoms with Crippen LogP contribution in [0.5, 0.6) is 0 Å². The summed E-state index contributed by atoms with van der Waals surface area (Å²) in [6, 6.07) is 6.29. The zero-order valence-corrected chi connectivity index (χ0v) is 16.5. The van der Waals surface area contributed by atoms with Crippen molar-refractivity contribution in [1.82, 2.24) is 0 Å². The Bertz CT molecular complexity index is 594. The highest BCUT2D eigenvalue weighted by Crippen LogP contribution is 2.36. The predicted molar refractivity (Wildman–Crippen MR) is 101 cm³/mol. The number of benzene rings is 1. The first-order chi connectivity index (χ1) is 11.7. The van der Waals surface area contributed by atoms with Gasteiger partial charge in [0.25, 0.3) is 0 Å². The molecule has 0 aromatic heterocycles. The van der Waals surface area contributed by atoms with Gasteiger partial charge in [-0.3, -0.25) is 4.79 Å². The number of hydrogen-bond acceptors (Lipinski definition) is 4. The summed E-state index contributed by atoms with van der Waals surface area (Å²) < 4.78 is 17.5. The molecule has 1 aromatic rings. The Morgan fingerprint density at radius 3 is 2.32 bits per heavy atom. The lowest BCUT2D eigenvalue weighted by Crippen LogP contribution is -2.41. The molecule has 138 valence electrons. The fourth-order valence-electron chi connectivity index (χ4n) is 3.17. The van der Waals surface area contributed by atoms with E-state index in [0.29, 0.717) is 13.0 Å². The van der Waals surface area contributed by atoms with Crippen molar-refractivity contribution in [3.63, 3.8) is 0 Å². The van der Waals surface area contributed by atoms with Crippen LogP contribution in [0.15, 0.2) is 18.2 Å². The van der Waals surface area contributed by atoms with Crippen LogP contribution in [0, 0.1) is 0 Å². The van der Waals surface area contributed by atoms with E-state index in [-0.39, 0.29) is 24.3 Å². The average Bonchev–Trinajstić information content (AvgIpc) is 2.75. The lowest BCUT2D eigenvalue weighted by atomic mass is 9.73. The van der Waals surface area contributed by atoms with Crippen molar-refractivity contribution in [2.24, 2.45) is 0 Å². The van der Waals surface area contributed by atoms with Gasteiger partial charge >= 0.3 is 13.1 Å². The van der Waals surface area contributed by atoms with Gasteiger partial charge in [0.1, 0.15) is 0 Å². The van der Waals surface area contributed by atoms with E-state index in [4.69, 9.17) is 14.0 Å². The smallest absolute Gasteiger partial charge is 0.466 e. The molecular formula is C20H31BO4. The van der Waals surface area contributed by atoms with E-state index in [1.54, 1.807) is 0 Å². The summed E-state index contributed by atoms with van der Waals surface area (Å²) in [6.07, 6.45) is 3.01. The maximum absolute atomic E-state index is 11.5. The summed E-state index contributed by atoms with van der Waals surface area (Å²) in [4.78, 5) is 11.5. The highest BCUT2D eigenvalue weighted by atomic mass is 16.7. The third kappa shape index (κ3) is 4.45. The molecule has 1 aliphatic heterocycles. The maximum atomic E-state index is 11.5. The molecule has 1 aromatic carbocycles. The van der Waals surface area contributed by atoms with E-state index in [1.807, 2.05) is 6.92 Å². The average molecular weight is 346 g/mol. The molecule has 0 bridgehead atoms. The largest absolute Gasteiger partial charge is 0.495 e. The van der Waals surface area contributed by atoms with Gasteiger partial charge in [0.05, 0.1) is 17.8 Å². The third-order valence-electron chi connectivity index (χ3n) is 5.30. The minimum atomic E-state index is -0.345. The first kappa shape index (κ1) is 20.0. The molecule has 0 amide bonds. The van der Waals surface area contributed by atoms with Gasteiger partial charge in [0, 0.05) is 6.42 Å². The summed E-state index contributed by atoms with van der Waals surface area (Å²) in [6.45, 7) is 12.7. The number of hydrogen-bond donors (Lipinski definition) is 0. The molecule has 25 heavy (non-hydrogen) atoms. The van der Waals surface area contributed by atoms with Gasteiger partial charge in [-0.25, -0.2) is 0 Å². The van der Waals surface area contributed by atoms with Crippen molar-refractivity contribution in [3.8, 4) is 0 Å². The Kier molecular flexibility index (Phi) is 6.33. The molecule has 0 N–H and O–H groups in total. The van der Waals surface area contributed by atoms with E-state index in [0.717, 1.165) is 24.7 Å². The van der Waals surface area contributed by atoms with Gasteiger partial charge in [-0.1, -0.05) is 25.1 Å². The number of carbonyl (C=O) groups is 1. The Hall–Kier alpha value is -1.33. The van der Waals surface area contributed by atoms with E-state index in [9.17, 15) is 4.79 Å². The van der Waals surface area contributed by atoms with Gasteiger partial charge in [0.15, 0.2) is 0 Å². The van der Waals surface area contributed by atoms with Crippen molar-refractivity contribution in [1.29, 1.82) is 0 Å². The Labute approximate surface area is 152 Å². The number of rotatable bonds is 7. The SMILES string of the molecule is CCOC(=O)CCCc1cccc(B2OC(C)(C)C(C)(C)O2)c1CC. The van der Waals surface area contributed by atoms with Crippen LogP contribution in [0.4, 0.5) is 0 Å². The van der Waals surface area contributed by atoms with E-state index < -0.39 is 0 Å². The molecule has 1 saturated heterocycles. The summed E-state index contributed by atoms with van der Waals surface area (Å²) in [5.74, 6) is -0.123. The summed E-state index contributed by atoms with van der Waals surface area (Å²) in [5.41, 5.74) is 2.95. The molecular weight excluding hydrogens is 315 g/mol. The minimum Gasteiger partial charge on any atom is -0.466 e. The minimum absolute atomic E-state index is 0.123. The van der Waals surface area contributed by atoms with Crippen LogP contribution in [0.3, 0.4) is 0 Å². The molecule has 0 atom stereocenters. The number of ether oxygens (including phenoxy) is 1. The molecule has 4 nitrogen and oxygen atoms in total. The fourth-order valence-corrected chi connectivity index (χ4v) is 3.17. The lowest BCUT2D eigenvalue weighted by molar-refractivity contribution is -0.143.